The predicted octanol–water partition coefficient (Wildman–Crippen LogP) is 7.66. The van der Waals surface area contributed by atoms with Gasteiger partial charge in [-0.05, 0) is 66.8 Å². The van der Waals surface area contributed by atoms with Crippen LogP contribution in [0.5, 0.6) is 11.5 Å². The average molecular weight is 432 g/mol. The molecule has 0 fully saturated rings. The first-order chi connectivity index (χ1) is 15.8. The number of hydrogen-bond donors (Lipinski definition) is 1. The van der Waals surface area contributed by atoms with Gasteiger partial charge in [-0.15, -0.1) is 0 Å². The summed E-state index contributed by atoms with van der Waals surface area (Å²) in [5.41, 5.74) is 3.69. The highest BCUT2D eigenvalue weighted by atomic mass is 16.5. The molecule has 3 aromatic carbocycles. The van der Waals surface area contributed by atoms with E-state index in [0.717, 1.165) is 56.2 Å². The van der Waals surface area contributed by atoms with Crippen molar-refractivity contribution in [3.8, 4) is 11.5 Å². The maximum Gasteiger partial charge on any atom is 0.119 e. The molecule has 1 N–H and O–H groups in total. The van der Waals surface area contributed by atoms with Crippen LogP contribution in [0.3, 0.4) is 0 Å². The molecule has 3 rings (SSSR count). The molecule has 0 aliphatic heterocycles. The summed E-state index contributed by atoms with van der Waals surface area (Å²) in [5, 5.41) is 3.47. The number of ether oxygens (including phenoxy) is 2. The van der Waals surface area contributed by atoms with Crippen LogP contribution in [0.4, 0.5) is 5.69 Å². The maximum absolute atomic E-state index is 5.88. The van der Waals surface area contributed by atoms with Gasteiger partial charge in [0, 0.05) is 12.2 Å². The van der Waals surface area contributed by atoms with Crippen molar-refractivity contribution in [2.75, 3.05) is 18.5 Å². The SMILES string of the molecule is CCCCCCCOc1ccc(CNc2ccc(OCCCc3ccccc3)cc2)cc1. The normalized spacial score (nSPS) is 10.7. The fourth-order valence-electron chi connectivity index (χ4n) is 3.58. The van der Waals surface area contributed by atoms with Gasteiger partial charge in [0.1, 0.15) is 11.5 Å². The van der Waals surface area contributed by atoms with E-state index in [0.29, 0.717) is 0 Å². The highest BCUT2D eigenvalue weighted by Crippen LogP contribution is 2.18. The van der Waals surface area contributed by atoms with Crippen molar-refractivity contribution < 1.29 is 9.47 Å². The van der Waals surface area contributed by atoms with E-state index in [1.807, 2.05) is 12.1 Å². The van der Waals surface area contributed by atoms with Crippen molar-refractivity contribution in [2.24, 2.45) is 0 Å². The number of benzene rings is 3. The van der Waals surface area contributed by atoms with Crippen LogP contribution in [0.25, 0.3) is 0 Å². The first-order valence-corrected chi connectivity index (χ1v) is 12.1. The van der Waals surface area contributed by atoms with Crippen molar-refractivity contribution in [3.05, 3.63) is 90.0 Å². The summed E-state index contributed by atoms with van der Waals surface area (Å²) in [4.78, 5) is 0. The second kappa shape index (κ2) is 14.2. The highest BCUT2D eigenvalue weighted by Gasteiger charge is 1.99. The minimum absolute atomic E-state index is 0.731. The van der Waals surface area contributed by atoms with Crippen LogP contribution in [0.15, 0.2) is 78.9 Å². The van der Waals surface area contributed by atoms with Crippen LogP contribution in [0.1, 0.15) is 56.6 Å². The van der Waals surface area contributed by atoms with Gasteiger partial charge < -0.3 is 14.8 Å². The van der Waals surface area contributed by atoms with Gasteiger partial charge in [0.25, 0.3) is 0 Å². The zero-order chi connectivity index (χ0) is 22.3. The number of anilines is 1. The first kappa shape index (κ1) is 23.7. The zero-order valence-electron chi connectivity index (χ0n) is 19.4. The van der Waals surface area contributed by atoms with E-state index in [2.05, 4.69) is 79.0 Å². The molecule has 0 spiro atoms. The van der Waals surface area contributed by atoms with Gasteiger partial charge in [-0.3, -0.25) is 0 Å². The molecule has 32 heavy (non-hydrogen) atoms. The molecule has 0 aliphatic carbocycles. The minimum Gasteiger partial charge on any atom is -0.494 e. The van der Waals surface area contributed by atoms with E-state index in [-0.39, 0.29) is 0 Å². The Kier molecular flexibility index (Phi) is 10.5. The van der Waals surface area contributed by atoms with Crippen LogP contribution in [0, 0.1) is 0 Å². The molecule has 170 valence electrons. The Morgan fingerprint density at radius 2 is 1.22 bits per heavy atom. The Morgan fingerprint density at radius 3 is 1.91 bits per heavy atom. The number of unbranched alkanes of at least 4 members (excludes halogenated alkanes) is 4. The van der Waals surface area contributed by atoms with Crippen molar-refractivity contribution in [1.82, 2.24) is 0 Å². The van der Waals surface area contributed by atoms with Gasteiger partial charge in [0.2, 0.25) is 0 Å². The smallest absolute Gasteiger partial charge is 0.119 e. The number of hydrogen-bond acceptors (Lipinski definition) is 3. The Morgan fingerprint density at radius 1 is 0.594 bits per heavy atom. The lowest BCUT2D eigenvalue weighted by Gasteiger charge is -2.10. The van der Waals surface area contributed by atoms with Crippen molar-refractivity contribution in [2.45, 2.75) is 58.4 Å². The van der Waals surface area contributed by atoms with Gasteiger partial charge in [-0.2, -0.15) is 0 Å². The number of rotatable bonds is 15. The third-order valence-corrected chi connectivity index (χ3v) is 5.51. The molecule has 0 aliphatic rings. The summed E-state index contributed by atoms with van der Waals surface area (Å²) >= 11 is 0. The molecule has 3 aromatic rings. The van der Waals surface area contributed by atoms with Crippen LogP contribution in [-0.4, -0.2) is 13.2 Å². The Hall–Kier alpha value is -2.94. The Balaban J connectivity index is 1.31. The standard InChI is InChI=1S/C29H37NO2/c1-2-3-4-5-9-22-31-28-18-14-26(15-19-28)24-30-27-16-20-29(21-17-27)32-23-10-13-25-11-7-6-8-12-25/h6-8,11-12,14-21,30H,2-5,9-10,13,22-24H2,1H3. The maximum atomic E-state index is 5.88. The van der Waals surface area contributed by atoms with Gasteiger partial charge in [-0.1, -0.05) is 75.1 Å². The summed E-state index contributed by atoms with van der Waals surface area (Å²) < 4.78 is 11.7. The van der Waals surface area contributed by atoms with Gasteiger partial charge in [0.15, 0.2) is 0 Å². The van der Waals surface area contributed by atoms with Gasteiger partial charge >= 0.3 is 0 Å². The molecule has 0 bridgehead atoms. The predicted molar refractivity (Wildman–Crippen MR) is 135 cm³/mol. The first-order valence-electron chi connectivity index (χ1n) is 12.1. The number of nitrogens with one attached hydrogen (secondary N) is 1. The van der Waals surface area contributed by atoms with E-state index in [9.17, 15) is 0 Å². The lowest BCUT2D eigenvalue weighted by molar-refractivity contribution is 0.304. The van der Waals surface area contributed by atoms with Gasteiger partial charge in [-0.25, -0.2) is 0 Å². The summed E-state index contributed by atoms with van der Waals surface area (Å²) in [7, 11) is 0. The molecule has 0 aromatic heterocycles. The van der Waals surface area contributed by atoms with E-state index < -0.39 is 0 Å². The molecule has 0 radical (unpaired) electrons. The quantitative estimate of drug-likeness (QED) is 0.251. The summed E-state index contributed by atoms with van der Waals surface area (Å²) in [6, 6.07) is 27.1. The Bertz CT molecular complexity index is 860. The van der Waals surface area contributed by atoms with Gasteiger partial charge in [0.05, 0.1) is 13.2 Å². The third-order valence-electron chi connectivity index (χ3n) is 5.51. The Labute approximate surface area is 193 Å². The average Bonchev–Trinajstić information content (AvgIpc) is 2.85. The largest absolute Gasteiger partial charge is 0.494 e. The molecule has 0 saturated heterocycles. The zero-order valence-corrected chi connectivity index (χ0v) is 19.4. The molecule has 0 heterocycles. The molecular weight excluding hydrogens is 394 g/mol. The van der Waals surface area contributed by atoms with E-state index in [4.69, 9.17) is 9.47 Å². The molecular formula is C29H37NO2. The van der Waals surface area contributed by atoms with Crippen LogP contribution in [-0.2, 0) is 13.0 Å². The topological polar surface area (TPSA) is 30.5 Å². The summed E-state index contributed by atoms with van der Waals surface area (Å²) in [6.45, 7) is 4.57. The second-order valence-electron chi connectivity index (χ2n) is 8.22. The minimum atomic E-state index is 0.731. The number of aryl methyl sites for hydroxylation is 1. The molecule has 0 atom stereocenters. The van der Waals surface area contributed by atoms with Crippen LogP contribution < -0.4 is 14.8 Å². The van der Waals surface area contributed by atoms with E-state index >= 15 is 0 Å². The molecule has 0 amide bonds. The molecule has 3 heteroatoms. The third kappa shape index (κ3) is 9.05. The lowest BCUT2D eigenvalue weighted by Crippen LogP contribution is -2.01. The fraction of sp³-hybridized carbons (Fsp3) is 0.379. The van der Waals surface area contributed by atoms with Crippen molar-refractivity contribution in [1.29, 1.82) is 0 Å². The van der Waals surface area contributed by atoms with Crippen molar-refractivity contribution >= 4 is 5.69 Å². The lowest BCUT2D eigenvalue weighted by atomic mass is 10.1. The van der Waals surface area contributed by atoms with Crippen LogP contribution in [0.2, 0.25) is 0 Å². The monoisotopic (exact) mass is 431 g/mol. The van der Waals surface area contributed by atoms with E-state index in [1.165, 1.54) is 36.8 Å². The van der Waals surface area contributed by atoms with Crippen LogP contribution >= 0.6 is 0 Å². The molecule has 0 saturated carbocycles. The summed E-state index contributed by atoms with van der Waals surface area (Å²) in [6.07, 6.45) is 8.37. The van der Waals surface area contributed by atoms with E-state index in [1.54, 1.807) is 0 Å². The van der Waals surface area contributed by atoms with Crippen molar-refractivity contribution in [3.63, 3.8) is 0 Å². The summed E-state index contributed by atoms with van der Waals surface area (Å²) in [5.74, 6) is 1.87. The molecule has 0 unspecified atom stereocenters. The molecule has 3 nitrogen and oxygen atoms in total. The highest BCUT2D eigenvalue weighted by molar-refractivity contribution is 5.47. The second-order valence-corrected chi connectivity index (χ2v) is 8.22. The fourth-order valence-corrected chi connectivity index (χ4v) is 3.58.